The summed E-state index contributed by atoms with van der Waals surface area (Å²) in [5, 5.41) is 6.83. The van der Waals surface area contributed by atoms with Crippen LogP contribution < -0.4 is 10.6 Å². The van der Waals surface area contributed by atoms with Gasteiger partial charge in [0.2, 0.25) is 0 Å². The quantitative estimate of drug-likeness (QED) is 0.166. The Morgan fingerprint density at radius 3 is 2.64 bits per heavy atom. The van der Waals surface area contributed by atoms with Crippen molar-refractivity contribution in [3.8, 4) is 0 Å². The van der Waals surface area contributed by atoms with Crippen LogP contribution in [-0.4, -0.2) is 63.5 Å². The van der Waals surface area contributed by atoms with Crippen molar-refractivity contribution >= 4 is 29.9 Å². The van der Waals surface area contributed by atoms with Crippen LogP contribution in [0, 0.1) is 5.92 Å². The molecule has 1 aliphatic heterocycles. The molecule has 6 nitrogen and oxygen atoms in total. The molecule has 33 heavy (non-hydrogen) atoms. The van der Waals surface area contributed by atoms with E-state index in [-0.39, 0.29) is 24.0 Å². The minimum atomic E-state index is 0. The number of aliphatic imine (C=N–C) groups is 1. The van der Waals surface area contributed by atoms with E-state index in [1.807, 2.05) is 0 Å². The van der Waals surface area contributed by atoms with Crippen molar-refractivity contribution in [2.75, 3.05) is 46.6 Å². The van der Waals surface area contributed by atoms with Crippen molar-refractivity contribution < 1.29 is 9.47 Å². The second-order valence-corrected chi connectivity index (χ2v) is 9.26. The van der Waals surface area contributed by atoms with Gasteiger partial charge in [0.15, 0.2) is 5.96 Å². The van der Waals surface area contributed by atoms with E-state index in [0.29, 0.717) is 12.5 Å². The summed E-state index contributed by atoms with van der Waals surface area (Å²) in [6, 6.07) is 9.48. The fourth-order valence-electron chi connectivity index (χ4n) is 4.64. The molecular formula is C26H45IN4O2. The van der Waals surface area contributed by atoms with Crippen molar-refractivity contribution in [1.82, 2.24) is 15.5 Å². The highest BCUT2D eigenvalue weighted by molar-refractivity contribution is 14.0. The van der Waals surface area contributed by atoms with E-state index >= 15 is 0 Å². The fourth-order valence-corrected chi connectivity index (χ4v) is 4.64. The molecule has 7 heteroatoms. The summed E-state index contributed by atoms with van der Waals surface area (Å²) < 4.78 is 11.2. The van der Waals surface area contributed by atoms with Gasteiger partial charge in [-0.05, 0) is 50.8 Å². The van der Waals surface area contributed by atoms with Gasteiger partial charge in [0.05, 0.1) is 19.8 Å². The molecule has 0 aromatic heterocycles. The van der Waals surface area contributed by atoms with Crippen LogP contribution in [-0.2, 0) is 22.6 Å². The van der Waals surface area contributed by atoms with Crippen molar-refractivity contribution in [2.45, 2.75) is 71.0 Å². The summed E-state index contributed by atoms with van der Waals surface area (Å²) in [4.78, 5) is 7.41. The fraction of sp³-hybridized carbons (Fsp3) is 0.731. The third kappa shape index (κ3) is 10.5. The maximum Gasteiger partial charge on any atom is 0.191 e. The van der Waals surface area contributed by atoms with Crippen molar-refractivity contribution in [3.63, 3.8) is 0 Å². The molecule has 0 bridgehead atoms. The Bertz CT molecular complexity index is 676. The Morgan fingerprint density at radius 1 is 1.12 bits per heavy atom. The van der Waals surface area contributed by atoms with Gasteiger partial charge in [-0.3, -0.25) is 4.90 Å². The number of benzene rings is 1. The standard InChI is InChI=1S/C26H44N4O2.HI/c1-3-27-26(28-15-9-16-31-20-22-14-17-32-21-22)29-18-23-10-7-8-11-24(23)19-30(2)25-12-5-4-6-13-25;/h7-8,10-11,22,25H,3-6,9,12-21H2,1-2H3,(H2,27,28,29);1H. The highest BCUT2D eigenvalue weighted by Crippen LogP contribution is 2.23. The first kappa shape index (κ1) is 28.3. The van der Waals surface area contributed by atoms with E-state index in [0.717, 1.165) is 70.9 Å². The topological polar surface area (TPSA) is 58.1 Å². The van der Waals surface area contributed by atoms with E-state index in [9.17, 15) is 0 Å². The van der Waals surface area contributed by atoms with Crippen LogP contribution in [0.15, 0.2) is 29.3 Å². The first-order valence-corrected chi connectivity index (χ1v) is 12.7. The molecule has 1 unspecified atom stereocenters. The van der Waals surface area contributed by atoms with Crippen molar-refractivity contribution in [2.24, 2.45) is 10.9 Å². The molecule has 0 amide bonds. The van der Waals surface area contributed by atoms with Gasteiger partial charge < -0.3 is 20.1 Å². The Hall–Kier alpha value is -0.900. The molecule has 0 radical (unpaired) electrons. The van der Waals surface area contributed by atoms with Gasteiger partial charge >= 0.3 is 0 Å². The largest absolute Gasteiger partial charge is 0.381 e. The maximum absolute atomic E-state index is 5.81. The summed E-state index contributed by atoms with van der Waals surface area (Å²) in [6.45, 7) is 8.86. The highest BCUT2D eigenvalue weighted by atomic mass is 127. The summed E-state index contributed by atoms with van der Waals surface area (Å²) in [5.41, 5.74) is 2.71. The normalized spacial score (nSPS) is 19.5. The Labute approximate surface area is 218 Å². The monoisotopic (exact) mass is 572 g/mol. The smallest absolute Gasteiger partial charge is 0.191 e. The van der Waals surface area contributed by atoms with Crippen LogP contribution in [0.5, 0.6) is 0 Å². The molecule has 1 aromatic carbocycles. The van der Waals surface area contributed by atoms with Crippen LogP contribution in [0.1, 0.15) is 63.0 Å². The number of rotatable bonds is 12. The Morgan fingerprint density at radius 2 is 1.91 bits per heavy atom. The molecule has 1 saturated carbocycles. The van der Waals surface area contributed by atoms with Crippen LogP contribution in [0.25, 0.3) is 0 Å². The Balaban J connectivity index is 0.00000385. The third-order valence-electron chi connectivity index (χ3n) is 6.62. The molecule has 1 heterocycles. The van der Waals surface area contributed by atoms with Crippen LogP contribution in [0.4, 0.5) is 0 Å². The SMILES string of the molecule is CCNC(=NCc1ccccc1CN(C)C1CCCCC1)NCCCOCC1CCOC1.I. The molecule has 1 aliphatic carbocycles. The van der Waals surface area contributed by atoms with Gasteiger partial charge in [0.25, 0.3) is 0 Å². The highest BCUT2D eigenvalue weighted by Gasteiger charge is 2.19. The predicted octanol–water partition coefficient (Wildman–Crippen LogP) is 4.57. The molecule has 1 saturated heterocycles. The number of guanidine groups is 1. The first-order chi connectivity index (χ1) is 15.8. The molecule has 1 aromatic rings. The second kappa shape index (κ2) is 16.7. The molecule has 2 aliphatic rings. The van der Waals surface area contributed by atoms with Crippen LogP contribution >= 0.6 is 24.0 Å². The van der Waals surface area contributed by atoms with E-state index in [1.54, 1.807) is 0 Å². The van der Waals surface area contributed by atoms with Gasteiger partial charge in [0.1, 0.15) is 0 Å². The molecule has 188 valence electrons. The number of hydrogen-bond acceptors (Lipinski definition) is 4. The number of hydrogen-bond donors (Lipinski definition) is 2. The average molecular weight is 573 g/mol. The molecule has 0 spiro atoms. The van der Waals surface area contributed by atoms with Gasteiger partial charge in [-0.2, -0.15) is 0 Å². The Kier molecular flexibility index (Phi) is 14.3. The zero-order valence-corrected chi connectivity index (χ0v) is 23.0. The van der Waals surface area contributed by atoms with Gasteiger partial charge in [-0.25, -0.2) is 4.99 Å². The summed E-state index contributed by atoms with van der Waals surface area (Å²) >= 11 is 0. The number of ether oxygens (including phenoxy) is 2. The molecular weight excluding hydrogens is 527 g/mol. The lowest BCUT2D eigenvalue weighted by Crippen LogP contribution is -2.38. The van der Waals surface area contributed by atoms with Gasteiger partial charge in [-0.15, -0.1) is 24.0 Å². The van der Waals surface area contributed by atoms with E-state index in [1.165, 1.54) is 43.2 Å². The van der Waals surface area contributed by atoms with Crippen LogP contribution in [0.2, 0.25) is 0 Å². The maximum atomic E-state index is 5.81. The van der Waals surface area contributed by atoms with E-state index < -0.39 is 0 Å². The molecule has 3 rings (SSSR count). The number of halogens is 1. The summed E-state index contributed by atoms with van der Waals surface area (Å²) in [5.74, 6) is 1.46. The summed E-state index contributed by atoms with van der Waals surface area (Å²) in [7, 11) is 2.28. The lowest BCUT2D eigenvalue weighted by molar-refractivity contribution is 0.0888. The number of nitrogens with zero attached hydrogens (tertiary/aromatic N) is 2. The molecule has 2 fully saturated rings. The predicted molar refractivity (Wildman–Crippen MR) is 147 cm³/mol. The van der Waals surface area contributed by atoms with E-state index in [2.05, 4.69) is 53.8 Å². The van der Waals surface area contributed by atoms with E-state index in [4.69, 9.17) is 14.5 Å². The molecule has 2 N–H and O–H groups in total. The van der Waals surface area contributed by atoms with Crippen molar-refractivity contribution in [1.29, 1.82) is 0 Å². The van der Waals surface area contributed by atoms with Crippen molar-refractivity contribution in [3.05, 3.63) is 35.4 Å². The zero-order valence-electron chi connectivity index (χ0n) is 20.7. The first-order valence-electron chi connectivity index (χ1n) is 12.7. The zero-order chi connectivity index (χ0) is 22.4. The van der Waals surface area contributed by atoms with Gasteiger partial charge in [0, 0.05) is 44.8 Å². The number of nitrogens with one attached hydrogen (secondary N) is 2. The molecule has 1 atom stereocenters. The minimum Gasteiger partial charge on any atom is -0.381 e. The third-order valence-corrected chi connectivity index (χ3v) is 6.62. The lowest BCUT2D eigenvalue weighted by Gasteiger charge is -2.31. The minimum absolute atomic E-state index is 0. The second-order valence-electron chi connectivity index (χ2n) is 9.26. The lowest BCUT2D eigenvalue weighted by atomic mass is 9.94. The average Bonchev–Trinajstić information content (AvgIpc) is 3.34. The van der Waals surface area contributed by atoms with Gasteiger partial charge in [-0.1, -0.05) is 43.5 Å². The van der Waals surface area contributed by atoms with Crippen LogP contribution in [0.3, 0.4) is 0 Å². The summed E-state index contributed by atoms with van der Waals surface area (Å²) in [6.07, 6.45) is 8.93.